The van der Waals surface area contributed by atoms with Crippen LogP contribution in [0.25, 0.3) is 0 Å². The summed E-state index contributed by atoms with van der Waals surface area (Å²) in [6.45, 7) is 6.44. The highest BCUT2D eigenvalue weighted by molar-refractivity contribution is 5.82. The smallest absolute Gasteiger partial charge is 0.313 e. The fraction of sp³-hybridized carbons (Fsp3) is 0.652. The summed E-state index contributed by atoms with van der Waals surface area (Å²) < 4.78 is 10.3. The number of unbranched alkanes of at least 4 members (excludes halogenated alkanes) is 1. The summed E-state index contributed by atoms with van der Waals surface area (Å²) in [5, 5.41) is 0. The summed E-state index contributed by atoms with van der Waals surface area (Å²) in [6, 6.07) is 3.79. The molecule has 3 atom stereocenters. The van der Waals surface area contributed by atoms with E-state index in [1.165, 1.54) is 0 Å². The number of nitrogens with zero attached hydrogens (tertiary/aromatic N) is 2. The van der Waals surface area contributed by atoms with E-state index in [-0.39, 0.29) is 35.5 Å². The predicted octanol–water partition coefficient (Wildman–Crippen LogP) is 3.51. The van der Waals surface area contributed by atoms with Gasteiger partial charge in [-0.2, -0.15) is 0 Å². The minimum atomic E-state index is -0.377. The largest absolute Gasteiger partial charge is 0.481 e. The van der Waals surface area contributed by atoms with Gasteiger partial charge >= 0.3 is 5.97 Å². The molecule has 166 valence electrons. The Morgan fingerprint density at radius 3 is 2.67 bits per heavy atom. The quantitative estimate of drug-likeness (QED) is 0.381. The van der Waals surface area contributed by atoms with Crippen molar-refractivity contribution in [3.8, 4) is 5.88 Å². The van der Waals surface area contributed by atoms with Crippen molar-refractivity contribution in [1.29, 1.82) is 0 Å². The van der Waals surface area contributed by atoms with E-state index >= 15 is 0 Å². The van der Waals surface area contributed by atoms with Crippen molar-refractivity contribution >= 4 is 17.7 Å². The lowest BCUT2D eigenvalue weighted by atomic mass is 9.94. The van der Waals surface area contributed by atoms with E-state index in [1.807, 2.05) is 11.0 Å². The van der Waals surface area contributed by atoms with E-state index < -0.39 is 0 Å². The summed E-state index contributed by atoms with van der Waals surface area (Å²) in [6.07, 6.45) is 5.83. The monoisotopic (exact) mass is 418 g/mol. The second-order valence-corrected chi connectivity index (χ2v) is 7.99. The van der Waals surface area contributed by atoms with Gasteiger partial charge < -0.3 is 19.2 Å². The first-order chi connectivity index (χ1) is 14.4. The Kier molecular flexibility index (Phi) is 9.27. The first-order valence-electron chi connectivity index (χ1n) is 10.8. The molecule has 0 saturated carbocycles. The summed E-state index contributed by atoms with van der Waals surface area (Å²) in [7, 11) is 1.55. The van der Waals surface area contributed by atoms with Crippen LogP contribution >= 0.6 is 0 Å². The number of amides is 1. The number of methoxy groups -OCH3 is 1. The predicted molar refractivity (Wildman–Crippen MR) is 113 cm³/mol. The number of likely N-dealkylation sites (tertiary alicyclic amines) is 1. The average Bonchev–Trinajstić information content (AvgIpc) is 2.99. The van der Waals surface area contributed by atoms with Crippen molar-refractivity contribution in [2.75, 3.05) is 20.3 Å². The zero-order chi connectivity index (χ0) is 22.1. The number of Topliss-reactive ketones (excluding diaryl/α,β-unsaturated/α-hetero) is 1. The van der Waals surface area contributed by atoms with Crippen LogP contribution in [0.2, 0.25) is 0 Å². The van der Waals surface area contributed by atoms with Crippen molar-refractivity contribution in [3.05, 3.63) is 23.9 Å². The van der Waals surface area contributed by atoms with Crippen molar-refractivity contribution in [3.63, 3.8) is 0 Å². The van der Waals surface area contributed by atoms with Gasteiger partial charge in [-0.1, -0.05) is 12.5 Å². The van der Waals surface area contributed by atoms with Gasteiger partial charge in [-0.05, 0) is 52.0 Å². The highest BCUT2D eigenvalue weighted by atomic mass is 16.5. The molecule has 1 amide bonds. The molecule has 1 aromatic rings. The van der Waals surface area contributed by atoms with Crippen LogP contribution in [-0.2, 0) is 19.1 Å². The van der Waals surface area contributed by atoms with Crippen molar-refractivity contribution in [2.24, 2.45) is 5.92 Å². The van der Waals surface area contributed by atoms with Gasteiger partial charge in [-0.15, -0.1) is 0 Å². The van der Waals surface area contributed by atoms with E-state index in [4.69, 9.17) is 9.47 Å². The van der Waals surface area contributed by atoms with Crippen LogP contribution in [0.3, 0.4) is 0 Å². The van der Waals surface area contributed by atoms with Crippen LogP contribution in [0.5, 0.6) is 5.88 Å². The van der Waals surface area contributed by atoms with Gasteiger partial charge in [0.05, 0.1) is 19.6 Å². The molecule has 0 N–H and O–H groups in total. The van der Waals surface area contributed by atoms with Crippen LogP contribution < -0.4 is 4.74 Å². The number of hydrogen-bond donors (Lipinski definition) is 0. The van der Waals surface area contributed by atoms with Gasteiger partial charge in [0.25, 0.3) is 0 Å². The highest BCUT2D eigenvalue weighted by Crippen LogP contribution is 2.29. The molecule has 7 heteroatoms. The molecule has 0 radical (unpaired) electrons. The molecule has 0 bridgehead atoms. The Labute approximate surface area is 179 Å². The molecule has 0 spiro atoms. The number of pyridine rings is 1. The number of aromatic nitrogens is 1. The number of rotatable bonds is 12. The number of carbonyl (C=O) groups excluding carboxylic acids is 3. The van der Waals surface area contributed by atoms with Gasteiger partial charge in [0.15, 0.2) is 0 Å². The van der Waals surface area contributed by atoms with Crippen LogP contribution in [0.15, 0.2) is 18.3 Å². The number of ether oxygens (including phenoxy) is 2. The van der Waals surface area contributed by atoms with Crippen LogP contribution in [0, 0.1) is 5.92 Å². The molecule has 0 aliphatic carbocycles. The summed E-state index contributed by atoms with van der Waals surface area (Å²) in [5.74, 6) is 0.124. The zero-order valence-corrected chi connectivity index (χ0v) is 18.6. The van der Waals surface area contributed by atoms with E-state index in [0.717, 1.165) is 24.8 Å². The topological polar surface area (TPSA) is 85.8 Å². The van der Waals surface area contributed by atoms with E-state index in [0.29, 0.717) is 38.3 Å². The lowest BCUT2D eigenvalue weighted by molar-refractivity contribution is -0.145. The Hall–Kier alpha value is -2.44. The maximum Gasteiger partial charge on any atom is 0.313 e. The fourth-order valence-corrected chi connectivity index (χ4v) is 4.05. The third-order valence-electron chi connectivity index (χ3n) is 5.72. The Balaban J connectivity index is 1.89. The number of hydrogen-bond acceptors (Lipinski definition) is 6. The van der Waals surface area contributed by atoms with Crippen molar-refractivity contribution in [2.45, 2.75) is 71.3 Å². The minimum absolute atomic E-state index is 0.0402. The first kappa shape index (κ1) is 23.8. The van der Waals surface area contributed by atoms with E-state index in [2.05, 4.69) is 11.9 Å². The highest BCUT2D eigenvalue weighted by Gasteiger charge is 2.36. The lowest BCUT2D eigenvalue weighted by Crippen LogP contribution is -2.33. The number of carbonyl (C=O) groups is 3. The number of ketones is 1. The van der Waals surface area contributed by atoms with Crippen LogP contribution in [-0.4, -0.2) is 53.8 Å². The molecule has 0 aromatic carbocycles. The molecule has 2 heterocycles. The second-order valence-electron chi connectivity index (χ2n) is 7.99. The molecular weight excluding hydrogens is 384 g/mol. The summed E-state index contributed by atoms with van der Waals surface area (Å²) in [5.41, 5.74) is 0.809. The van der Waals surface area contributed by atoms with Crippen molar-refractivity contribution in [1.82, 2.24) is 9.88 Å². The molecular formula is C23H34N2O5. The third-order valence-corrected chi connectivity index (χ3v) is 5.72. The Bertz CT molecular complexity index is 719. The summed E-state index contributed by atoms with van der Waals surface area (Å²) >= 11 is 0. The number of esters is 1. The summed E-state index contributed by atoms with van der Waals surface area (Å²) in [4.78, 5) is 42.5. The van der Waals surface area contributed by atoms with Gasteiger partial charge in [0.1, 0.15) is 5.78 Å². The molecule has 30 heavy (non-hydrogen) atoms. The molecule has 2 rings (SSSR count). The van der Waals surface area contributed by atoms with Gasteiger partial charge in [0.2, 0.25) is 11.8 Å². The molecule has 7 nitrogen and oxygen atoms in total. The lowest BCUT2D eigenvalue weighted by Gasteiger charge is -2.22. The van der Waals surface area contributed by atoms with Gasteiger partial charge in [0, 0.05) is 37.2 Å². The minimum Gasteiger partial charge on any atom is -0.481 e. The van der Waals surface area contributed by atoms with Crippen molar-refractivity contribution < 1.29 is 23.9 Å². The van der Waals surface area contributed by atoms with Crippen LogP contribution in [0.1, 0.15) is 70.8 Å². The molecule has 1 aromatic heterocycles. The maximum atomic E-state index is 12.7. The standard InChI is InChI=1S/C23H34N2O5/c1-5-30-23(28)20(19-11-12-21(29-4)24-15-19)8-6-7-13-25-16(2)14-18(22(25)27)10-9-17(3)26/h11-12,15-16,18,20H,5-10,13-14H2,1-4H3. The Morgan fingerprint density at radius 2 is 2.07 bits per heavy atom. The normalized spacial score (nSPS) is 19.6. The molecule has 1 aliphatic rings. The zero-order valence-electron chi connectivity index (χ0n) is 18.6. The fourth-order valence-electron chi connectivity index (χ4n) is 4.05. The average molecular weight is 419 g/mol. The van der Waals surface area contributed by atoms with E-state index in [9.17, 15) is 14.4 Å². The third kappa shape index (κ3) is 6.54. The second kappa shape index (κ2) is 11.7. The Morgan fingerprint density at radius 1 is 1.30 bits per heavy atom. The van der Waals surface area contributed by atoms with Gasteiger partial charge in [-0.25, -0.2) is 4.98 Å². The molecule has 1 aliphatic heterocycles. The molecule has 1 fully saturated rings. The SMILES string of the molecule is CCOC(=O)C(CCCCN1C(=O)C(CCC(C)=O)CC1C)c1ccc(OC)nc1. The van der Waals surface area contributed by atoms with Gasteiger partial charge in [-0.3, -0.25) is 9.59 Å². The molecule has 3 unspecified atom stereocenters. The maximum absolute atomic E-state index is 12.7. The molecule has 1 saturated heterocycles. The first-order valence-corrected chi connectivity index (χ1v) is 10.8. The van der Waals surface area contributed by atoms with E-state index in [1.54, 1.807) is 33.2 Å². The van der Waals surface area contributed by atoms with Crippen LogP contribution in [0.4, 0.5) is 0 Å².